The third kappa shape index (κ3) is 4.74. The van der Waals surface area contributed by atoms with Crippen LogP contribution in [0.4, 0.5) is 5.69 Å². The molecule has 1 aliphatic rings. The maximum absolute atomic E-state index is 14.1. The molecule has 5 rings (SSSR count). The normalized spacial score (nSPS) is 15.7. The second kappa shape index (κ2) is 10.2. The Bertz CT molecular complexity index is 1580. The number of hydrogen-bond donors (Lipinski definition) is 1. The molecular formula is C32H30N2O4S. The lowest BCUT2D eigenvalue weighted by molar-refractivity contribution is -0.117. The number of nitrogens with zero attached hydrogens (tertiary/aromatic N) is 2. The molecule has 0 spiro atoms. The second-order valence-corrected chi connectivity index (χ2v) is 11.5. The number of para-hydroxylation sites is 1. The predicted octanol–water partition coefficient (Wildman–Crippen LogP) is 7.21. The number of carbonyl (C=O) groups excluding carboxylic acids is 2. The zero-order chi connectivity index (χ0) is 27.9. The summed E-state index contributed by atoms with van der Waals surface area (Å²) in [5, 5.41) is 11.9. The van der Waals surface area contributed by atoms with Gasteiger partial charge < -0.3 is 9.84 Å². The van der Waals surface area contributed by atoms with Crippen LogP contribution >= 0.6 is 11.3 Å². The standard InChI is InChI=1S/C32H30N2O4S/c1-19-29(39-30(33-19)20-11-7-6-8-12-20)27(35)25-26(23-13-9-10-14-24(23)38-5)34(31(37)28(25)36)22-17-15-21(16-18-22)32(2,3)4/h6-18,26,36H,1-5H3. The molecule has 7 heteroatoms. The first-order chi connectivity index (χ1) is 18.6. The smallest absolute Gasteiger partial charge is 0.294 e. The molecule has 0 aliphatic carbocycles. The fourth-order valence-corrected chi connectivity index (χ4v) is 5.87. The first-order valence-corrected chi connectivity index (χ1v) is 13.5. The van der Waals surface area contributed by atoms with Crippen LogP contribution in [0.3, 0.4) is 0 Å². The van der Waals surface area contributed by atoms with Gasteiger partial charge in [0.15, 0.2) is 5.76 Å². The summed E-state index contributed by atoms with van der Waals surface area (Å²) in [6.45, 7) is 8.12. The monoisotopic (exact) mass is 538 g/mol. The third-order valence-corrected chi connectivity index (χ3v) is 8.13. The van der Waals surface area contributed by atoms with E-state index in [0.29, 0.717) is 32.6 Å². The SMILES string of the molecule is COc1ccccc1C1C(C(=O)c2sc(-c3ccccc3)nc2C)=C(O)C(=O)N1c1ccc(C(C)(C)C)cc1. The summed E-state index contributed by atoms with van der Waals surface area (Å²) in [6, 6.07) is 23.6. The Labute approximate surface area is 232 Å². The van der Waals surface area contributed by atoms with Crippen molar-refractivity contribution in [2.45, 2.75) is 39.2 Å². The van der Waals surface area contributed by atoms with E-state index in [4.69, 9.17) is 4.74 Å². The van der Waals surface area contributed by atoms with Crippen LogP contribution in [-0.4, -0.2) is 28.9 Å². The van der Waals surface area contributed by atoms with Gasteiger partial charge in [0.05, 0.1) is 29.3 Å². The van der Waals surface area contributed by atoms with Gasteiger partial charge in [-0.25, -0.2) is 4.98 Å². The van der Waals surface area contributed by atoms with E-state index in [9.17, 15) is 14.7 Å². The van der Waals surface area contributed by atoms with Crippen LogP contribution in [0.5, 0.6) is 5.75 Å². The van der Waals surface area contributed by atoms with Gasteiger partial charge >= 0.3 is 0 Å². The molecule has 0 fully saturated rings. The number of Topliss-reactive ketones (excluding diaryl/α,β-unsaturated/α-hetero) is 1. The number of rotatable bonds is 6. The summed E-state index contributed by atoms with van der Waals surface area (Å²) >= 11 is 1.25. The Balaban J connectivity index is 1.64. The minimum atomic E-state index is -0.886. The van der Waals surface area contributed by atoms with E-state index in [1.807, 2.05) is 72.8 Å². The lowest BCUT2D eigenvalue weighted by Crippen LogP contribution is -2.31. The third-order valence-electron chi connectivity index (χ3n) is 6.92. The van der Waals surface area contributed by atoms with Crippen LogP contribution in [0.15, 0.2) is 90.2 Å². The van der Waals surface area contributed by atoms with Crippen molar-refractivity contribution in [3.05, 3.63) is 112 Å². The number of hydrogen-bond acceptors (Lipinski definition) is 6. The Morgan fingerprint density at radius 3 is 2.26 bits per heavy atom. The summed E-state index contributed by atoms with van der Waals surface area (Å²) in [5.74, 6) is -1.12. The van der Waals surface area contributed by atoms with Crippen LogP contribution in [0.2, 0.25) is 0 Å². The zero-order valence-electron chi connectivity index (χ0n) is 22.6. The number of anilines is 1. The molecule has 1 amide bonds. The minimum Gasteiger partial charge on any atom is -0.503 e. The summed E-state index contributed by atoms with van der Waals surface area (Å²) in [7, 11) is 1.54. The molecule has 0 radical (unpaired) electrons. The van der Waals surface area contributed by atoms with E-state index in [2.05, 4.69) is 25.8 Å². The topological polar surface area (TPSA) is 79.7 Å². The predicted molar refractivity (Wildman–Crippen MR) is 155 cm³/mol. The van der Waals surface area contributed by atoms with Crippen LogP contribution in [-0.2, 0) is 10.2 Å². The van der Waals surface area contributed by atoms with Crippen molar-refractivity contribution in [1.29, 1.82) is 0 Å². The van der Waals surface area contributed by atoms with Crippen LogP contribution in [0.1, 0.15) is 53.3 Å². The number of benzene rings is 3. The number of aryl methyl sites for hydroxylation is 1. The van der Waals surface area contributed by atoms with E-state index in [1.54, 1.807) is 20.1 Å². The molecule has 0 saturated carbocycles. The van der Waals surface area contributed by atoms with Gasteiger partial charge in [-0.2, -0.15) is 0 Å². The Morgan fingerprint density at radius 2 is 1.62 bits per heavy atom. The number of methoxy groups -OCH3 is 1. The van der Waals surface area contributed by atoms with Crippen molar-refractivity contribution in [2.24, 2.45) is 0 Å². The van der Waals surface area contributed by atoms with E-state index in [1.165, 1.54) is 16.2 Å². The molecule has 1 aliphatic heterocycles. The maximum atomic E-state index is 14.1. The molecule has 1 N–H and O–H groups in total. The Hall–Kier alpha value is -4.23. The van der Waals surface area contributed by atoms with Gasteiger partial charge in [-0.05, 0) is 36.1 Å². The van der Waals surface area contributed by atoms with Gasteiger partial charge in [-0.3, -0.25) is 14.5 Å². The van der Waals surface area contributed by atoms with Crippen LogP contribution < -0.4 is 9.64 Å². The van der Waals surface area contributed by atoms with Crippen molar-refractivity contribution >= 4 is 28.7 Å². The molecule has 6 nitrogen and oxygen atoms in total. The van der Waals surface area contributed by atoms with Gasteiger partial charge in [0.1, 0.15) is 10.8 Å². The molecule has 0 saturated heterocycles. The molecule has 4 aromatic rings. The van der Waals surface area contributed by atoms with Gasteiger partial charge in [-0.15, -0.1) is 11.3 Å². The Kier molecular flexibility index (Phi) is 6.87. The van der Waals surface area contributed by atoms with Crippen molar-refractivity contribution < 1.29 is 19.4 Å². The van der Waals surface area contributed by atoms with Crippen molar-refractivity contribution in [2.75, 3.05) is 12.0 Å². The highest BCUT2D eigenvalue weighted by atomic mass is 32.1. The fraction of sp³-hybridized carbons (Fsp3) is 0.219. The highest BCUT2D eigenvalue weighted by Crippen LogP contribution is 2.46. The van der Waals surface area contributed by atoms with E-state index in [-0.39, 0.29) is 11.0 Å². The molecule has 39 heavy (non-hydrogen) atoms. The Morgan fingerprint density at radius 1 is 0.974 bits per heavy atom. The quantitative estimate of drug-likeness (QED) is 0.263. The fourth-order valence-electron chi connectivity index (χ4n) is 4.85. The lowest BCUT2D eigenvalue weighted by Gasteiger charge is -2.28. The molecule has 1 atom stereocenters. The largest absolute Gasteiger partial charge is 0.503 e. The van der Waals surface area contributed by atoms with Gasteiger partial charge in [-0.1, -0.05) is 81.4 Å². The second-order valence-electron chi connectivity index (χ2n) is 10.5. The molecule has 2 heterocycles. The summed E-state index contributed by atoms with van der Waals surface area (Å²) < 4.78 is 5.63. The molecule has 3 aromatic carbocycles. The zero-order valence-corrected chi connectivity index (χ0v) is 23.4. The number of ether oxygens (including phenoxy) is 1. The maximum Gasteiger partial charge on any atom is 0.294 e. The minimum absolute atomic E-state index is 0.00996. The number of aliphatic hydroxyl groups excluding tert-OH is 1. The molecule has 198 valence electrons. The van der Waals surface area contributed by atoms with Gasteiger partial charge in [0.2, 0.25) is 5.78 Å². The lowest BCUT2D eigenvalue weighted by atomic mass is 9.87. The van der Waals surface area contributed by atoms with Crippen molar-refractivity contribution in [3.8, 4) is 16.3 Å². The highest BCUT2D eigenvalue weighted by Gasteiger charge is 2.46. The first-order valence-electron chi connectivity index (χ1n) is 12.7. The summed E-state index contributed by atoms with van der Waals surface area (Å²) in [6.07, 6.45) is 0. The number of thiazole rings is 1. The van der Waals surface area contributed by atoms with E-state index < -0.39 is 23.5 Å². The molecular weight excluding hydrogens is 508 g/mol. The van der Waals surface area contributed by atoms with Gasteiger partial charge in [0.25, 0.3) is 5.91 Å². The van der Waals surface area contributed by atoms with Crippen LogP contribution in [0, 0.1) is 6.92 Å². The number of amides is 1. The van der Waals surface area contributed by atoms with Crippen LogP contribution in [0.25, 0.3) is 10.6 Å². The molecule has 1 aromatic heterocycles. The highest BCUT2D eigenvalue weighted by molar-refractivity contribution is 7.17. The first kappa shape index (κ1) is 26.4. The number of ketones is 1. The number of carbonyl (C=O) groups is 2. The summed E-state index contributed by atoms with van der Waals surface area (Å²) in [4.78, 5) is 34.3. The average Bonchev–Trinajstić information content (AvgIpc) is 3.45. The van der Waals surface area contributed by atoms with Gasteiger partial charge in [0, 0.05) is 16.8 Å². The van der Waals surface area contributed by atoms with Crippen molar-refractivity contribution in [1.82, 2.24) is 4.98 Å². The summed E-state index contributed by atoms with van der Waals surface area (Å²) in [5.41, 5.74) is 3.66. The number of aromatic nitrogens is 1. The van der Waals surface area contributed by atoms with E-state index >= 15 is 0 Å². The van der Waals surface area contributed by atoms with E-state index in [0.717, 1.165) is 11.1 Å². The number of aliphatic hydroxyl groups is 1. The molecule has 1 unspecified atom stereocenters. The average molecular weight is 539 g/mol. The molecule has 0 bridgehead atoms. The van der Waals surface area contributed by atoms with Crippen molar-refractivity contribution in [3.63, 3.8) is 0 Å².